The number of amides is 1. The van der Waals surface area contributed by atoms with Crippen molar-refractivity contribution in [3.8, 4) is 11.5 Å². The molecule has 4 aromatic heterocycles. The highest BCUT2D eigenvalue weighted by molar-refractivity contribution is 7.19. The van der Waals surface area contributed by atoms with Crippen LogP contribution in [0.1, 0.15) is 62.4 Å². The molecule has 59 heavy (non-hydrogen) atoms. The van der Waals surface area contributed by atoms with Gasteiger partial charge < -0.3 is 30.1 Å². The van der Waals surface area contributed by atoms with Crippen LogP contribution in [0.25, 0.3) is 20.4 Å². The lowest BCUT2D eigenvalue weighted by molar-refractivity contribution is -0.142. The van der Waals surface area contributed by atoms with Crippen molar-refractivity contribution < 1.29 is 24.2 Å². The van der Waals surface area contributed by atoms with E-state index >= 15 is 0 Å². The maximum atomic E-state index is 12.7. The van der Waals surface area contributed by atoms with Gasteiger partial charge >= 0.3 is 5.97 Å². The third kappa shape index (κ3) is 6.83. The summed E-state index contributed by atoms with van der Waals surface area (Å²) in [5.74, 6) is 2.42. The van der Waals surface area contributed by atoms with Crippen LogP contribution in [0.5, 0.6) is 11.5 Å². The lowest BCUT2D eigenvalue weighted by Crippen LogP contribution is -2.46. The molecule has 2 aliphatic carbocycles. The zero-order chi connectivity index (χ0) is 40.2. The number of hydrogen-bond acceptors (Lipinski definition) is 14. The first-order chi connectivity index (χ1) is 28.8. The molecule has 0 bridgehead atoms. The van der Waals surface area contributed by atoms with E-state index in [-0.39, 0.29) is 11.8 Å². The van der Waals surface area contributed by atoms with Gasteiger partial charge in [-0.15, -0.1) is 22.7 Å². The van der Waals surface area contributed by atoms with Crippen LogP contribution in [0.3, 0.4) is 0 Å². The number of fused-ring (bicyclic) bond motifs is 8. The zero-order valence-corrected chi connectivity index (χ0v) is 34.2. The van der Waals surface area contributed by atoms with Crippen LogP contribution in [0.4, 0.5) is 23.0 Å². The highest BCUT2D eigenvalue weighted by Gasteiger charge is 2.34. The molecular formula is C43H41N9O5S2. The number of nitrogens with one attached hydrogen (secondary N) is 2. The summed E-state index contributed by atoms with van der Waals surface area (Å²) in [4.78, 5) is 57.1. The molecule has 2 atom stereocenters. The van der Waals surface area contributed by atoms with Crippen LogP contribution in [-0.2, 0) is 48.4 Å². The van der Waals surface area contributed by atoms with Gasteiger partial charge in [-0.25, -0.2) is 19.9 Å². The van der Waals surface area contributed by atoms with Gasteiger partial charge in [-0.2, -0.15) is 0 Å². The number of hydrogen-bond donors (Lipinski definition) is 3. The summed E-state index contributed by atoms with van der Waals surface area (Å²) in [5, 5.41) is 18.3. The second kappa shape index (κ2) is 15.3. The van der Waals surface area contributed by atoms with Crippen LogP contribution in [0.15, 0.2) is 46.9 Å². The van der Waals surface area contributed by atoms with Crippen molar-refractivity contribution in [3.05, 3.63) is 80.1 Å². The van der Waals surface area contributed by atoms with Gasteiger partial charge in [0.25, 0.3) is 0 Å². The minimum absolute atomic E-state index is 0.0984. The third-order valence-corrected chi connectivity index (χ3v) is 14.3. The molecule has 7 heterocycles. The normalized spacial score (nSPS) is 18.3. The highest BCUT2D eigenvalue weighted by atomic mass is 32.1. The number of aromatic nitrogens is 4. The number of likely N-dealkylation sites (tertiary alicyclic amines) is 1. The van der Waals surface area contributed by atoms with E-state index < -0.39 is 5.97 Å². The molecule has 1 saturated heterocycles. The number of carbonyl (C=O) groups excluding carboxylic acids is 1. The standard InChI is InChI=1S/C23H23N5O2S.C20H18N4O3S/c1-30-18-8-15-11-24-10-14(15)7-17(18)27-21-20-16-4-3-13(23(29)28-5-2-6-28)9-19(16)31-22(20)26-12-25-21;1-27-15-5-12-8-21-7-11(12)4-14(15)24-18-17-13-3-2-10(20(25)26)6-16(13)28-19(17)23-9-22-18/h7-8,10,12-13H,2-6,9,11H2,1H3,(H,25,26,27);4-5,7,9-10H,2-3,6,8H2,1H3,(H,25,26)(H,22,23,24)/t13-;10-/m11/s1. The Balaban J connectivity index is 0.000000143. The molecule has 16 heteroatoms. The number of carboxylic acid groups (broad SMARTS) is 1. The number of methoxy groups -OCH3 is 2. The van der Waals surface area contributed by atoms with Crippen molar-refractivity contribution in [3.63, 3.8) is 0 Å². The number of thiophene rings is 2. The van der Waals surface area contributed by atoms with E-state index in [0.717, 1.165) is 122 Å². The first kappa shape index (κ1) is 37.3. The van der Waals surface area contributed by atoms with E-state index in [1.807, 2.05) is 35.5 Å². The van der Waals surface area contributed by atoms with Gasteiger partial charge in [0.1, 0.15) is 45.5 Å². The van der Waals surface area contributed by atoms with Crippen LogP contribution < -0.4 is 20.1 Å². The number of anilines is 4. The number of aliphatic imine (C=N–C) groups is 2. The third-order valence-electron chi connectivity index (χ3n) is 12.0. The fraction of sp³-hybridized carbons (Fsp3) is 0.349. The van der Waals surface area contributed by atoms with E-state index in [1.54, 1.807) is 49.5 Å². The second-order valence-electron chi connectivity index (χ2n) is 15.4. The molecule has 300 valence electrons. The number of benzene rings is 2. The summed E-state index contributed by atoms with van der Waals surface area (Å²) in [5.41, 5.74) is 8.65. The van der Waals surface area contributed by atoms with Gasteiger partial charge in [-0.05, 0) is 103 Å². The van der Waals surface area contributed by atoms with Crippen LogP contribution >= 0.6 is 22.7 Å². The predicted molar refractivity (Wildman–Crippen MR) is 230 cm³/mol. The van der Waals surface area contributed by atoms with Gasteiger partial charge in [-0.3, -0.25) is 19.6 Å². The molecule has 0 unspecified atom stereocenters. The Morgan fingerprint density at radius 3 is 1.71 bits per heavy atom. The average Bonchev–Trinajstić information content (AvgIpc) is 4.04. The van der Waals surface area contributed by atoms with Crippen molar-refractivity contribution in [2.45, 2.75) is 58.0 Å². The smallest absolute Gasteiger partial charge is 0.306 e. The van der Waals surface area contributed by atoms with Gasteiger partial charge in [-0.1, -0.05) is 0 Å². The minimum atomic E-state index is -0.725. The minimum Gasteiger partial charge on any atom is -0.495 e. The van der Waals surface area contributed by atoms with Crippen molar-refractivity contribution in [1.29, 1.82) is 0 Å². The number of aliphatic carboxylic acids is 1. The molecule has 2 aromatic carbocycles. The highest BCUT2D eigenvalue weighted by Crippen LogP contribution is 2.44. The molecule has 0 radical (unpaired) electrons. The van der Waals surface area contributed by atoms with Gasteiger partial charge in [0.2, 0.25) is 5.91 Å². The van der Waals surface area contributed by atoms with E-state index in [9.17, 15) is 14.7 Å². The molecule has 6 aromatic rings. The molecule has 3 N–H and O–H groups in total. The summed E-state index contributed by atoms with van der Waals surface area (Å²) in [6.45, 7) is 3.20. The number of rotatable bonds is 8. The van der Waals surface area contributed by atoms with Crippen molar-refractivity contribution in [2.75, 3.05) is 37.9 Å². The Bertz CT molecular complexity index is 2740. The Morgan fingerprint density at radius 1 is 0.729 bits per heavy atom. The molecule has 11 rings (SSSR count). The molecular weight excluding hydrogens is 787 g/mol. The summed E-state index contributed by atoms with van der Waals surface area (Å²) in [7, 11) is 3.33. The van der Waals surface area contributed by atoms with Crippen LogP contribution in [0, 0.1) is 11.8 Å². The number of ether oxygens (including phenoxy) is 2. The molecule has 3 aliphatic heterocycles. The quantitative estimate of drug-likeness (QED) is 0.141. The Hall–Kier alpha value is -6.00. The van der Waals surface area contributed by atoms with Crippen molar-refractivity contribution >= 4 is 90.4 Å². The molecule has 0 saturated carbocycles. The number of nitrogens with zero attached hydrogens (tertiary/aromatic N) is 7. The monoisotopic (exact) mass is 827 g/mol. The van der Waals surface area contributed by atoms with Crippen molar-refractivity contribution in [2.24, 2.45) is 21.8 Å². The van der Waals surface area contributed by atoms with Gasteiger partial charge in [0.05, 0.1) is 55.4 Å². The topological polar surface area (TPSA) is 176 Å². The zero-order valence-electron chi connectivity index (χ0n) is 32.6. The number of carboxylic acids is 1. The number of carbonyl (C=O) groups is 2. The maximum absolute atomic E-state index is 12.7. The van der Waals surface area contributed by atoms with Crippen LogP contribution in [-0.4, -0.2) is 81.6 Å². The van der Waals surface area contributed by atoms with E-state index in [1.165, 1.54) is 21.6 Å². The molecule has 14 nitrogen and oxygen atoms in total. The SMILES string of the molecule is COc1cc2c(cc1Nc1ncnc3sc4c(c13)CC[C@@H](C(=O)N1CCC1)C4)C=NC2.COc1cc2c(cc1Nc1ncnc3sc4c(c13)CC[C@@H](C(=O)O)C4)C=NC2. The van der Waals surface area contributed by atoms with Gasteiger partial charge in [0, 0.05) is 41.2 Å². The summed E-state index contributed by atoms with van der Waals surface area (Å²) in [6.07, 6.45) is 12.6. The first-order valence-electron chi connectivity index (χ1n) is 19.8. The molecule has 5 aliphatic rings. The van der Waals surface area contributed by atoms with E-state index in [4.69, 9.17) is 9.47 Å². The lowest BCUT2D eigenvalue weighted by atomic mass is 9.86. The van der Waals surface area contributed by atoms with Gasteiger partial charge in [0.15, 0.2) is 0 Å². The van der Waals surface area contributed by atoms with Crippen LogP contribution in [0.2, 0.25) is 0 Å². The fourth-order valence-electron chi connectivity index (χ4n) is 8.69. The average molecular weight is 828 g/mol. The Kier molecular flexibility index (Phi) is 9.67. The maximum Gasteiger partial charge on any atom is 0.306 e. The summed E-state index contributed by atoms with van der Waals surface area (Å²) in [6, 6.07) is 8.14. The predicted octanol–water partition coefficient (Wildman–Crippen LogP) is 7.28. The Morgan fingerprint density at radius 2 is 1.24 bits per heavy atom. The molecule has 0 spiro atoms. The number of aryl methyl sites for hydroxylation is 2. The van der Waals surface area contributed by atoms with Crippen molar-refractivity contribution in [1.82, 2.24) is 24.8 Å². The fourth-order valence-corrected chi connectivity index (χ4v) is 11.2. The molecule has 1 fully saturated rings. The second-order valence-corrected chi connectivity index (χ2v) is 17.6. The lowest BCUT2D eigenvalue weighted by Gasteiger charge is -2.35. The first-order valence-corrected chi connectivity index (χ1v) is 21.5. The largest absolute Gasteiger partial charge is 0.495 e. The van der Waals surface area contributed by atoms with E-state index in [0.29, 0.717) is 31.8 Å². The Labute approximate surface area is 347 Å². The summed E-state index contributed by atoms with van der Waals surface area (Å²) < 4.78 is 11.2. The van der Waals surface area contributed by atoms with E-state index in [2.05, 4.69) is 46.6 Å². The summed E-state index contributed by atoms with van der Waals surface area (Å²) >= 11 is 3.27. The molecule has 1 amide bonds.